The number of benzene rings is 1. The number of fused-ring (bicyclic) bond motifs is 1. The summed E-state index contributed by atoms with van der Waals surface area (Å²) in [6, 6.07) is 6.18. The molecule has 2 N–H and O–H groups in total. The van der Waals surface area contributed by atoms with E-state index in [2.05, 4.69) is 24.5 Å². The summed E-state index contributed by atoms with van der Waals surface area (Å²) in [5.74, 6) is -0.506. The van der Waals surface area contributed by atoms with Gasteiger partial charge in [-0.05, 0) is 55.9 Å². The van der Waals surface area contributed by atoms with Gasteiger partial charge in [0.1, 0.15) is 17.4 Å². The molecule has 1 spiro atoms. The average Bonchev–Trinajstić information content (AvgIpc) is 3.54. The Kier molecular flexibility index (Phi) is 6.81. The third-order valence-corrected chi connectivity index (χ3v) is 9.32. The molecule has 2 bridgehead atoms. The molecule has 1 aliphatic carbocycles. The summed E-state index contributed by atoms with van der Waals surface area (Å²) >= 11 is 0. The van der Waals surface area contributed by atoms with Crippen molar-refractivity contribution in [2.24, 2.45) is 23.7 Å². The first-order chi connectivity index (χ1) is 17.7. The molecule has 0 radical (unpaired) electrons. The van der Waals surface area contributed by atoms with Crippen molar-refractivity contribution in [2.75, 3.05) is 12.4 Å². The van der Waals surface area contributed by atoms with Gasteiger partial charge in [-0.15, -0.1) is 0 Å². The Morgan fingerprint density at radius 2 is 1.92 bits per heavy atom. The van der Waals surface area contributed by atoms with Gasteiger partial charge in [-0.1, -0.05) is 45.8 Å². The second kappa shape index (κ2) is 9.78. The van der Waals surface area contributed by atoms with Crippen molar-refractivity contribution in [3.63, 3.8) is 0 Å². The fourth-order valence-electron chi connectivity index (χ4n) is 6.82. The number of nitrogens with zero attached hydrogens (tertiary/aromatic N) is 1. The van der Waals surface area contributed by atoms with Crippen LogP contribution in [-0.4, -0.2) is 59.6 Å². The van der Waals surface area contributed by atoms with E-state index in [1.807, 2.05) is 26.0 Å². The van der Waals surface area contributed by atoms with E-state index in [-0.39, 0.29) is 29.8 Å². The quantitative estimate of drug-likeness (QED) is 0.548. The third kappa shape index (κ3) is 4.13. The Bertz CT molecular complexity index is 1090. The standard InChI is InChI=1S/C29H39N3O5/c1-6-17(3)32-25(27(34)31-21-9-7-8-16(2)18(21)4)29-15-14-22(37-29)23(24(29)28(32)35)26(33)30-19-10-12-20(36-5)13-11-19/h10-18,21-25H,6-9H2,1-5H3,(H,30,33)(H,31,34)/t16-,17+,18-,21-,22-,23-,24-,25+,29+/m1/s1. The molecule has 1 saturated carbocycles. The van der Waals surface area contributed by atoms with Gasteiger partial charge >= 0.3 is 0 Å². The zero-order valence-electron chi connectivity index (χ0n) is 22.4. The second-order valence-corrected chi connectivity index (χ2v) is 11.3. The highest BCUT2D eigenvalue weighted by Crippen LogP contribution is 2.56. The number of ether oxygens (including phenoxy) is 2. The van der Waals surface area contributed by atoms with Crippen molar-refractivity contribution in [3.8, 4) is 5.75 Å². The summed E-state index contributed by atoms with van der Waals surface area (Å²) < 4.78 is 11.6. The molecule has 3 fully saturated rings. The molecule has 0 unspecified atom stereocenters. The van der Waals surface area contributed by atoms with Crippen LogP contribution in [0.5, 0.6) is 5.75 Å². The van der Waals surface area contributed by atoms with Crippen molar-refractivity contribution >= 4 is 23.4 Å². The van der Waals surface area contributed by atoms with E-state index in [0.29, 0.717) is 29.7 Å². The summed E-state index contributed by atoms with van der Waals surface area (Å²) in [5, 5.41) is 6.24. The van der Waals surface area contributed by atoms with Crippen LogP contribution in [0.4, 0.5) is 5.69 Å². The fourth-order valence-corrected chi connectivity index (χ4v) is 6.82. The molecule has 8 heteroatoms. The minimum Gasteiger partial charge on any atom is -0.497 e. The SMILES string of the molecule is CC[C@H](C)N1C(=O)[C@H]2[C@H](C(=O)Nc3ccc(OC)cc3)[C@H]3C=C[C@@]2(O3)[C@@H]1C(=O)N[C@@H]1CCC[C@@H](C)[C@H]1C. The Labute approximate surface area is 219 Å². The van der Waals surface area contributed by atoms with Gasteiger partial charge in [-0.3, -0.25) is 14.4 Å². The van der Waals surface area contributed by atoms with E-state index in [0.717, 1.165) is 12.8 Å². The third-order valence-electron chi connectivity index (χ3n) is 9.32. The van der Waals surface area contributed by atoms with Crippen LogP contribution in [0.2, 0.25) is 0 Å². The largest absolute Gasteiger partial charge is 0.497 e. The molecule has 2 saturated heterocycles. The van der Waals surface area contributed by atoms with Crippen LogP contribution in [-0.2, 0) is 19.1 Å². The molecule has 200 valence electrons. The van der Waals surface area contributed by atoms with Gasteiger partial charge in [0.2, 0.25) is 17.7 Å². The topological polar surface area (TPSA) is 97.0 Å². The number of likely N-dealkylation sites (tertiary alicyclic amines) is 1. The van der Waals surface area contributed by atoms with Crippen molar-refractivity contribution in [3.05, 3.63) is 36.4 Å². The Morgan fingerprint density at radius 3 is 2.59 bits per heavy atom. The highest BCUT2D eigenvalue weighted by Gasteiger charge is 2.73. The summed E-state index contributed by atoms with van der Waals surface area (Å²) in [5.41, 5.74) is -0.522. The normalized spacial score (nSPS) is 36.8. The second-order valence-electron chi connectivity index (χ2n) is 11.3. The number of methoxy groups -OCH3 is 1. The van der Waals surface area contributed by atoms with E-state index >= 15 is 0 Å². The maximum Gasteiger partial charge on any atom is 0.246 e. The fraction of sp³-hybridized carbons (Fsp3) is 0.621. The van der Waals surface area contributed by atoms with Crippen LogP contribution >= 0.6 is 0 Å². The van der Waals surface area contributed by atoms with Crippen molar-refractivity contribution < 1.29 is 23.9 Å². The number of carbonyl (C=O) groups excluding carboxylic acids is 3. The molecule has 8 nitrogen and oxygen atoms in total. The van der Waals surface area contributed by atoms with E-state index in [9.17, 15) is 14.4 Å². The predicted molar refractivity (Wildman–Crippen MR) is 140 cm³/mol. The number of anilines is 1. The summed E-state index contributed by atoms with van der Waals surface area (Å²) in [4.78, 5) is 43.2. The maximum atomic E-state index is 14.0. The van der Waals surface area contributed by atoms with Gasteiger partial charge in [0, 0.05) is 17.8 Å². The number of nitrogens with one attached hydrogen (secondary N) is 2. The van der Waals surface area contributed by atoms with Gasteiger partial charge in [0.15, 0.2) is 0 Å². The van der Waals surface area contributed by atoms with Gasteiger partial charge in [-0.2, -0.15) is 0 Å². The van der Waals surface area contributed by atoms with E-state index < -0.39 is 29.6 Å². The maximum absolute atomic E-state index is 14.0. The molecule has 3 amide bonds. The molecule has 1 aromatic rings. The van der Waals surface area contributed by atoms with Gasteiger partial charge in [-0.25, -0.2) is 0 Å². The first kappa shape index (κ1) is 25.8. The lowest BCUT2D eigenvalue weighted by atomic mass is 9.73. The molecular formula is C29H39N3O5. The number of rotatable bonds is 7. The predicted octanol–water partition coefficient (Wildman–Crippen LogP) is 3.52. The zero-order chi connectivity index (χ0) is 26.5. The molecule has 5 rings (SSSR count). The van der Waals surface area contributed by atoms with Crippen LogP contribution in [0.1, 0.15) is 53.4 Å². The summed E-state index contributed by atoms with van der Waals surface area (Å²) in [7, 11) is 1.59. The highest BCUT2D eigenvalue weighted by molar-refractivity contribution is 6.03. The monoisotopic (exact) mass is 509 g/mol. The molecule has 0 aromatic heterocycles. The number of amides is 3. The van der Waals surface area contributed by atoms with Crippen molar-refractivity contribution in [1.82, 2.24) is 10.2 Å². The van der Waals surface area contributed by atoms with Crippen molar-refractivity contribution in [2.45, 2.75) is 83.2 Å². The van der Waals surface area contributed by atoms with Crippen LogP contribution in [0.15, 0.2) is 36.4 Å². The Balaban J connectivity index is 1.43. The molecule has 9 atom stereocenters. The lowest BCUT2D eigenvalue weighted by molar-refractivity contribution is -0.144. The molecule has 37 heavy (non-hydrogen) atoms. The van der Waals surface area contributed by atoms with E-state index in [1.54, 1.807) is 36.3 Å². The minimum atomic E-state index is -1.14. The highest BCUT2D eigenvalue weighted by atomic mass is 16.5. The minimum absolute atomic E-state index is 0.0670. The van der Waals surface area contributed by atoms with E-state index in [1.165, 1.54) is 6.42 Å². The van der Waals surface area contributed by atoms with Crippen molar-refractivity contribution in [1.29, 1.82) is 0 Å². The van der Waals surface area contributed by atoms with Crippen LogP contribution in [0.3, 0.4) is 0 Å². The summed E-state index contributed by atoms with van der Waals surface area (Å²) in [6.07, 6.45) is 7.06. The van der Waals surface area contributed by atoms with Gasteiger partial charge < -0.3 is 25.0 Å². The van der Waals surface area contributed by atoms with Gasteiger partial charge in [0.25, 0.3) is 0 Å². The first-order valence-corrected chi connectivity index (χ1v) is 13.7. The van der Waals surface area contributed by atoms with Crippen LogP contribution in [0.25, 0.3) is 0 Å². The Hall–Kier alpha value is -2.87. The Morgan fingerprint density at radius 1 is 1.19 bits per heavy atom. The lowest BCUT2D eigenvalue weighted by Gasteiger charge is -2.39. The molecule has 4 aliphatic rings. The molecule has 3 heterocycles. The smallest absolute Gasteiger partial charge is 0.246 e. The first-order valence-electron chi connectivity index (χ1n) is 13.7. The molecule has 1 aromatic carbocycles. The van der Waals surface area contributed by atoms with E-state index in [4.69, 9.17) is 9.47 Å². The van der Waals surface area contributed by atoms with Crippen LogP contribution in [0, 0.1) is 23.7 Å². The summed E-state index contributed by atoms with van der Waals surface area (Å²) in [6.45, 7) is 8.40. The molecule has 3 aliphatic heterocycles. The average molecular weight is 510 g/mol. The zero-order valence-corrected chi connectivity index (χ0v) is 22.4. The number of hydrogen-bond donors (Lipinski definition) is 2. The number of hydrogen-bond acceptors (Lipinski definition) is 5. The van der Waals surface area contributed by atoms with Gasteiger partial charge in [0.05, 0.1) is 25.0 Å². The lowest BCUT2D eigenvalue weighted by Crippen LogP contribution is -2.59. The van der Waals surface area contributed by atoms with Crippen LogP contribution < -0.4 is 15.4 Å². The molecular weight excluding hydrogens is 470 g/mol. The number of carbonyl (C=O) groups is 3.